The van der Waals surface area contributed by atoms with E-state index in [1.54, 1.807) is 20.8 Å². The van der Waals surface area contributed by atoms with Gasteiger partial charge in [0, 0.05) is 16.6 Å². The lowest BCUT2D eigenvalue weighted by molar-refractivity contribution is -0.177. The minimum absolute atomic E-state index is 0.196. The fraction of sp³-hybridized carbons (Fsp3) is 0.714. The minimum atomic E-state index is -1.68. The van der Waals surface area contributed by atoms with Crippen molar-refractivity contribution in [2.24, 2.45) is 5.41 Å². The second-order valence-corrected chi connectivity index (χ2v) is 11.4. The number of alkyl halides is 2. The highest BCUT2D eigenvalue weighted by Gasteiger charge is 2.67. The minimum Gasteiger partial charge on any atom is -0.459 e. The predicted molar refractivity (Wildman–Crippen MR) is 96.4 cm³/mol. The Bertz CT molecular complexity index is 637. The molecule has 8 nitrogen and oxygen atoms in total. The van der Waals surface area contributed by atoms with E-state index in [4.69, 9.17) is 4.74 Å². The van der Waals surface area contributed by atoms with Gasteiger partial charge in [0.1, 0.15) is 34.8 Å². The maximum atomic E-state index is 12.9. The second kappa shape index (κ2) is 7.07. The van der Waals surface area contributed by atoms with Crippen LogP contribution in [0, 0.1) is 5.41 Å². The quantitative estimate of drug-likeness (QED) is 0.246. The van der Waals surface area contributed by atoms with E-state index in [-0.39, 0.29) is 5.75 Å². The van der Waals surface area contributed by atoms with Gasteiger partial charge >= 0.3 is 5.97 Å². The summed E-state index contributed by atoms with van der Waals surface area (Å²) < 4.78 is 17.4. The standard InChI is InChI=1S/C14H18Br2N2O6S/c1-13(2,3)24-12(22)14(11(15)16)5-25(23)10-8(17-6-20)9(21)18(10)7(14)4-19/h4,6-8,10-11H,5H2,1-3H3,(H,17,20)/t7?,8-,10-,14?,25?/m1/s1. The third kappa shape index (κ3) is 3.30. The van der Waals surface area contributed by atoms with E-state index in [9.17, 15) is 23.4 Å². The topological polar surface area (TPSA) is 110 Å². The number of nitrogens with one attached hydrogen (secondary N) is 1. The third-order valence-corrected chi connectivity index (χ3v) is 7.54. The molecule has 140 valence electrons. The summed E-state index contributed by atoms with van der Waals surface area (Å²) in [5.41, 5.74) is -2.39. The van der Waals surface area contributed by atoms with Crippen LogP contribution in [0.4, 0.5) is 0 Å². The number of nitrogens with zero attached hydrogens (tertiary/aromatic N) is 1. The highest BCUT2D eigenvalue weighted by molar-refractivity contribution is 9.24. The molecule has 0 bridgehead atoms. The average Bonchev–Trinajstić information content (AvgIpc) is 2.49. The van der Waals surface area contributed by atoms with Crippen LogP contribution in [-0.2, 0) is 34.7 Å². The summed E-state index contributed by atoms with van der Waals surface area (Å²) in [7, 11) is -1.68. The Hall–Kier alpha value is -0.810. The van der Waals surface area contributed by atoms with Crippen molar-refractivity contribution in [1.82, 2.24) is 10.2 Å². The molecule has 2 saturated heterocycles. The van der Waals surface area contributed by atoms with Crippen molar-refractivity contribution in [3.8, 4) is 0 Å². The Morgan fingerprint density at radius 3 is 2.48 bits per heavy atom. The zero-order valence-corrected chi connectivity index (χ0v) is 17.7. The smallest absolute Gasteiger partial charge is 0.318 e. The number of ether oxygens (including phenoxy) is 1. The molecular formula is C14H18Br2N2O6S. The fourth-order valence-electron chi connectivity index (χ4n) is 2.96. The van der Waals surface area contributed by atoms with E-state index >= 15 is 0 Å². The van der Waals surface area contributed by atoms with Crippen molar-refractivity contribution in [2.45, 2.75) is 47.6 Å². The number of carbonyl (C=O) groups excluding carboxylic acids is 4. The van der Waals surface area contributed by atoms with Crippen molar-refractivity contribution in [3.05, 3.63) is 0 Å². The number of rotatable bonds is 5. The summed E-state index contributed by atoms with van der Waals surface area (Å²) in [6.07, 6.45) is 0.832. The molecule has 2 heterocycles. The Balaban J connectivity index is 2.47. The number of amides is 2. The lowest BCUT2D eigenvalue weighted by Gasteiger charge is -2.57. The van der Waals surface area contributed by atoms with E-state index in [0.29, 0.717) is 12.7 Å². The summed E-state index contributed by atoms with van der Waals surface area (Å²) in [6, 6.07) is -2.13. The first kappa shape index (κ1) is 20.5. The van der Waals surface area contributed by atoms with Crippen LogP contribution in [0.25, 0.3) is 0 Å². The van der Waals surface area contributed by atoms with Gasteiger partial charge < -0.3 is 19.7 Å². The summed E-state index contributed by atoms with van der Waals surface area (Å²) in [5.74, 6) is -1.49. The number of β-lactam (4-membered cyclic amide) rings is 1. The van der Waals surface area contributed by atoms with Crippen LogP contribution in [0.15, 0.2) is 0 Å². The third-order valence-electron chi connectivity index (χ3n) is 4.10. The molecule has 2 rings (SSSR count). The maximum Gasteiger partial charge on any atom is 0.318 e. The molecule has 0 aromatic carbocycles. The largest absolute Gasteiger partial charge is 0.459 e. The van der Waals surface area contributed by atoms with Crippen LogP contribution >= 0.6 is 31.9 Å². The molecule has 2 fully saturated rings. The first-order valence-electron chi connectivity index (χ1n) is 7.37. The highest BCUT2D eigenvalue weighted by atomic mass is 79.9. The van der Waals surface area contributed by atoms with Crippen molar-refractivity contribution in [1.29, 1.82) is 0 Å². The highest BCUT2D eigenvalue weighted by Crippen LogP contribution is 2.48. The molecule has 0 spiro atoms. The summed E-state index contributed by atoms with van der Waals surface area (Å²) >= 11 is 6.52. The van der Waals surface area contributed by atoms with Gasteiger partial charge in [-0.1, -0.05) is 31.9 Å². The molecule has 5 atom stereocenters. The number of aldehydes is 1. The van der Waals surface area contributed by atoms with E-state index in [0.717, 1.165) is 4.90 Å². The maximum absolute atomic E-state index is 12.9. The van der Waals surface area contributed by atoms with Gasteiger partial charge in [0.2, 0.25) is 12.3 Å². The van der Waals surface area contributed by atoms with Gasteiger partial charge in [-0.25, -0.2) is 0 Å². The lowest BCUT2D eigenvalue weighted by atomic mass is 9.80. The predicted octanol–water partition coefficient (Wildman–Crippen LogP) is 0.0431. The van der Waals surface area contributed by atoms with Crippen LogP contribution < -0.4 is 5.32 Å². The SMILES string of the molecule is CC(C)(C)OC(=O)C1(C(Br)Br)CS(=O)[C@@H]2[C@H](NC=O)C(=O)N2C1C=O. The van der Waals surface area contributed by atoms with Crippen molar-refractivity contribution in [2.75, 3.05) is 5.75 Å². The molecule has 1 N–H and O–H groups in total. The number of hydrogen-bond donors (Lipinski definition) is 1. The molecule has 25 heavy (non-hydrogen) atoms. The summed E-state index contributed by atoms with van der Waals surface area (Å²) in [4.78, 5) is 48.8. The van der Waals surface area contributed by atoms with Gasteiger partial charge in [-0.2, -0.15) is 0 Å². The molecule has 2 amide bonds. The Morgan fingerprint density at radius 2 is 2.04 bits per heavy atom. The molecule has 3 unspecified atom stereocenters. The van der Waals surface area contributed by atoms with Crippen molar-refractivity contribution >= 4 is 67.2 Å². The van der Waals surface area contributed by atoms with Gasteiger partial charge in [-0.05, 0) is 20.8 Å². The molecule has 0 radical (unpaired) electrons. The molecule has 0 aromatic heterocycles. The van der Waals surface area contributed by atoms with E-state index in [1.165, 1.54) is 0 Å². The van der Waals surface area contributed by atoms with Crippen LogP contribution in [0.3, 0.4) is 0 Å². The molecular weight excluding hydrogens is 484 g/mol. The molecule has 0 saturated carbocycles. The van der Waals surface area contributed by atoms with Gasteiger partial charge in [0.25, 0.3) is 0 Å². The number of carbonyl (C=O) groups is 4. The van der Waals surface area contributed by atoms with E-state index in [1.807, 2.05) is 0 Å². The normalized spacial score (nSPS) is 34.8. The number of esters is 1. The van der Waals surface area contributed by atoms with Gasteiger partial charge in [0.05, 0.1) is 3.74 Å². The monoisotopic (exact) mass is 500 g/mol. The Kier molecular flexibility index (Phi) is 5.80. The van der Waals surface area contributed by atoms with Crippen molar-refractivity contribution in [3.63, 3.8) is 0 Å². The second-order valence-electron chi connectivity index (χ2n) is 6.85. The molecule has 0 aromatic rings. The van der Waals surface area contributed by atoms with Gasteiger partial charge in [-0.15, -0.1) is 0 Å². The first-order valence-corrected chi connectivity index (χ1v) is 10.6. The number of halogens is 2. The average molecular weight is 502 g/mol. The Morgan fingerprint density at radius 1 is 1.44 bits per heavy atom. The number of fused-ring (bicyclic) bond motifs is 1. The molecule has 2 aliphatic heterocycles. The van der Waals surface area contributed by atoms with Crippen LogP contribution in [0.2, 0.25) is 0 Å². The van der Waals surface area contributed by atoms with Crippen molar-refractivity contribution < 1.29 is 28.1 Å². The van der Waals surface area contributed by atoms with E-state index < -0.39 is 54.9 Å². The van der Waals surface area contributed by atoms with Gasteiger partial charge in [-0.3, -0.25) is 18.6 Å². The van der Waals surface area contributed by atoms with Crippen LogP contribution in [0.1, 0.15) is 20.8 Å². The summed E-state index contributed by atoms with van der Waals surface area (Å²) in [6.45, 7) is 5.02. The van der Waals surface area contributed by atoms with Crippen LogP contribution in [-0.4, -0.2) is 66.2 Å². The van der Waals surface area contributed by atoms with E-state index in [2.05, 4.69) is 37.2 Å². The van der Waals surface area contributed by atoms with Gasteiger partial charge in [0.15, 0.2) is 0 Å². The zero-order valence-electron chi connectivity index (χ0n) is 13.7. The molecule has 2 aliphatic rings. The lowest BCUT2D eigenvalue weighted by Crippen LogP contribution is -2.81. The first-order chi connectivity index (χ1) is 11.5. The molecule has 0 aliphatic carbocycles. The number of hydrogen-bond acceptors (Lipinski definition) is 6. The molecule has 11 heteroatoms. The van der Waals surface area contributed by atoms with Crippen LogP contribution in [0.5, 0.6) is 0 Å². The summed E-state index contributed by atoms with van der Waals surface area (Å²) in [5, 5.41) is 1.46. The Labute approximate surface area is 164 Å². The zero-order chi connectivity index (χ0) is 19.2. The fourth-order valence-corrected chi connectivity index (χ4v) is 6.71.